The Kier molecular flexibility index (Phi) is 4.40. The molecule has 0 unspecified atom stereocenters. The quantitative estimate of drug-likeness (QED) is 0.855. The molecule has 0 aromatic carbocycles. The summed E-state index contributed by atoms with van der Waals surface area (Å²) in [6.07, 6.45) is 5.55. The molecule has 22 heavy (non-hydrogen) atoms. The monoisotopic (exact) mass is 308 g/mol. The van der Waals surface area contributed by atoms with Crippen LogP contribution in [0.5, 0.6) is 0 Å². The van der Waals surface area contributed by atoms with E-state index in [1.807, 2.05) is 0 Å². The molecule has 2 atom stereocenters. The second-order valence-corrected chi connectivity index (χ2v) is 6.04. The number of rotatable bonds is 3. The van der Waals surface area contributed by atoms with Gasteiger partial charge in [0, 0.05) is 25.8 Å². The summed E-state index contributed by atoms with van der Waals surface area (Å²) < 4.78 is 25.2. The van der Waals surface area contributed by atoms with E-state index in [1.165, 1.54) is 12.3 Å². The van der Waals surface area contributed by atoms with Crippen LogP contribution in [0.3, 0.4) is 0 Å². The van der Waals surface area contributed by atoms with Crippen LogP contribution in [0.25, 0.3) is 0 Å². The number of carbonyl (C=O) groups excluding carboxylic acids is 1. The molecule has 1 amide bonds. The molecule has 1 spiro atoms. The van der Waals surface area contributed by atoms with Gasteiger partial charge in [0.1, 0.15) is 0 Å². The first-order valence-corrected chi connectivity index (χ1v) is 7.68. The van der Waals surface area contributed by atoms with E-state index in [-0.39, 0.29) is 23.0 Å². The fourth-order valence-corrected chi connectivity index (χ4v) is 3.65. The highest BCUT2D eigenvalue weighted by Crippen LogP contribution is 2.41. The second-order valence-electron chi connectivity index (χ2n) is 6.04. The van der Waals surface area contributed by atoms with Crippen molar-refractivity contribution in [2.75, 3.05) is 33.4 Å². The highest BCUT2D eigenvalue weighted by atomic mass is 19.1. The average Bonchev–Trinajstić information content (AvgIpc) is 2.90. The van der Waals surface area contributed by atoms with E-state index >= 15 is 0 Å². The molecule has 2 fully saturated rings. The lowest BCUT2D eigenvalue weighted by molar-refractivity contribution is -0.130. The first-order valence-electron chi connectivity index (χ1n) is 7.68. The van der Waals surface area contributed by atoms with Crippen molar-refractivity contribution in [3.05, 3.63) is 29.8 Å². The minimum Gasteiger partial charge on any atom is -0.384 e. The van der Waals surface area contributed by atoms with Crippen molar-refractivity contribution >= 4 is 5.91 Å². The van der Waals surface area contributed by atoms with Crippen LogP contribution < -0.4 is 0 Å². The standard InChI is InChI=1S/C16H21FN2O3/c1-21-10-12-3-2-5-16(12)11-19(7-8-22-16)15(20)13-4-6-18-9-14(13)17/h4,6,9,12H,2-3,5,7-8,10-11H2,1H3/t12-,16+/m1/s1. The Morgan fingerprint density at radius 3 is 3.27 bits per heavy atom. The molecule has 1 saturated carbocycles. The summed E-state index contributed by atoms with van der Waals surface area (Å²) in [6, 6.07) is 1.43. The average molecular weight is 308 g/mol. The molecular formula is C16H21FN2O3. The first-order chi connectivity index (χ1) is 10.7. The number of pyridine rings is 1. The summed E-state index contributed by atoms with van der Waals surface area (Å²) in [5, 5.41) is 0. The summed E-state index contributed by atoms with van der Waals surface area (Å²) in [5.74, 6) is -0.575. The van der Waals surface area contributed by atoms with E-state index in [4.69, 9.17) is 9.47 Å². The smallest absolute Gasteiger partial charge is 0.257 e. The molecule has 120 valence electrons. The maximum atomic E-state index is 13.8. The number of ether oxygens (including phenoxy) is 2. The lowest BCUT2D eigenvalue weighted by atomic mass is 9.89. The summed E-state index contributed by atoms with van der Waals surface area (Å²) in [5.41, 5.74) is -0.263. The van der Waals surface area contributed by atoms with Crippen LogP contribution in [0, 0.1) is 11.7 Å². The van der Waals surface area contributed by atoms with Crippen LogP contribution in [0.2, 0.25) is 0 Å². The number of morpholine rings is 1. The molecule has 2 aliphatic rings. The molecule has 0 bridgehead atoms. The van der Waals surface area contributed by atoms with Gasteiger partial charge in [-0.3, -0.25) is 9.78 Å². The lowest BCUT2D eigenvalue weighted by Gasteiger charge is -2.44. The SMILES string of the molecule is COC[C@H]1CCC[C@]12CN(C(=O)c1ccncc1F)CCO2. The van der Waals surface area contributed by atoms with Crippen molar-refractivity contribution in [3.8, 4) is 0 Å². The van der Waals surface area contributed by atoms with E-state index < -0.39 is 5.82 Å². The molecule has 0 N–H and O–H groups in total. The summed E-state index contributed by atoms with van der Waals surface area (Å²) in [6.45, 7) is 2.11. The number of halogens is 1. The van der Waals surface area contributed by atoms with Gasteiger partial charge in [-0.2, -0.15) is 0 Å². The highest BCUT2D eigenvalue weighted by Gasteiger charge is 2.47. The molecule has 2 heterocycles. The molecule has 6 heteroatoms. The Hall–Kier alpha value is -1.53. The number of hydrogen-bond donors (Lipinski definition) is 0. The maximum absolute atomic E-state index is 13.8. The van der Waals surface area contributed by atoms with Gasteiger partial charge in [-0.15, -0.1) is 0 Å². The Balaban J connectivity index is 1.78. The number of methoxy groups -OCH3 is 1. The predicted octanol–water partition coefficient (Wildman–Crippen LogP) is 1.88. The van der Waals surface area contributed by atoms with Gasteiger partial charge in [0.05, 0.1) is 37.1 Å². The Morgan fingerprint density at radius 1 is 1.64 bits per heavy atom. The van der Waals surface area contributed by atoms with Crippen molar-refractivity contribution in [1.29, 1.82) is 0 Å². The van der Waals surface area contributed by atoms with E-state index in [9.17, 15) is 9.18 Å². The van der Waals surface area contributed by atoms with Gasteiger partial charge in [-0.25, -0.2) is 4.39 Å². The van der Waals surface area contributed by atoms with Crippen molar-refractivity contribution < 1.29 is 18.7 Å². The van der Waals surface area contributed by atoms with Gasteiger partial charge in [0.2, 0.25) is 0 Å². The van der Waals surface area contributed by atoms with Crippen LogP contribution >= 0.6 is 0 Å². The summed E-state index contributed by atoms with van der Waals surface area (Å²) in [4.78, 5) is 18.0. The zero-order chi connectivity index (χ0) is 15.6. The van der Waals surface area contributed by atoms with Crippen molar-refractivity contribution in [1.82, 2.24) is 9.88 Å². The molecule has 1 aliphatic heterocycles. The summed E-state index contributed by atoms with van der Waals surface area (Å²) >= 11 is 0. The normalized spacial score (nSPS) is 28.3. The minimum absolute atomic E-state index is 0.0772. The van der Waals surface area contributed by atoms with Gasteiger partial charge < -0.3 is 14.4 Å². The topological polar surface area (TPSA) is 51.7 Å². The van der Waals surface area contributed by atoms with Crippen LogP contribution in [0.1, 0.15) is 29.6 Å². The third-order valence-corrected chi connectivity index (χ3v) is 4.76. The van der Waals surface area contributed by atoms with Crippen molar-refractivity contribution in [2.24, 2.45) is 5.92 Å². The molecule has 1 aromatic heterocycles. The Morgan fingerprint density at radius 2 is 2.50 bits per heavy atom. The van der Waals surface area contributed by atoms with Crippen LogP contribution in [-0.2, 0) is 9.47 Å². The number of nitrogens with zero attached hydrogens (tertiary/aromatic N) is 2. The Labute approximate surface area is 129 Å². The lowest BCUT2D eigenvalue weighted by Crippen LogP contribution is -2.56. The molecule has 5 nitrogen and oxygen atoms in total. The number of hydrogen-bond acceptors (Lipinski definition) is 4. The molecular weight excluding hydrogens is 287 g/mol. The van der Waals surface area contributed by atoms with Crippen LogP contribution in [-0.4, -0.2) is 54.8 Å². The number of amides is 1. The Bertz CT molecular complexity index is 554. The largest absolute Gasteiger partial charge is 0.384 e. The third-order valence-electron chi connectivity index (χ3n) is 4.76. The highest BCUT2D eigenvalue weighted by molar-refractivity contribution is 5.94. The van der Waals surface area contributed by atoms with E-state index in [0.29, 0.717) is 26.3 Å². The molecule has 1 aromatic rings. The van der Waals surface area contributed by atoms with Gasteiger partial charge in [0.25, 0.3) is 5.91 Å². The van der Waals surface area contributed by atoms with Gasteiger partial charge >= 0.3 is 0 Å². The van der Waals surface area contributed by atoms with Gasteiger partial charge in [0.15, 0.2) is 5.82 Å². The van der Waals surface area contributed by atoms with Gasteiger partial charge in [-0.05, 0) is 18.9 Å². The number of carbonyl (C=O) groups is 1. The third kappa shape index (κ3) is 2.73. The molecule has 0 radical (unpaired) electrons. The van der Waals surface area contributed by atoms with E-state index in [1.54, 1.807) is 12.0 Å². The van der Waals surface area contributed by atoms with E-state index in [0.717, 1.165) is 25.5 Å². The zero-order valence-corrected chi connectivity index (χ0v) is 12.8. The zero-order valence-electron chi connectivity index (χ0n) is 12.8. The fourth-order valence-electron chi connectivity index (χ4n) is 3.65. The second kappa shape index (κ2) is 6.30. The van der Waals surface area contributed by atoms with Gasteiger partial charge in [-0.1, -0.05) is 6.42 Å². The molecule has 1 saturated heterocycles. The minimum atomic E-state index is -0.576. The summed E-state index contributed by atoms with van der Waals surface area (Å²) in [7, 11) is 1.68. The molecule has 1 aliphatic carbocycles. The fraction of sp³-hybridized carbons (Fsp3) is 0.625. The maximum Gasteiger partial charge on any atom is 0.257 e. The van der Waals surface area contributed by atoms with Crippen LogP contribution in [0.4, 0.5) is 4.39 Å². The van der Waals surface area contributed by atoms with E-state index in [2.05, 4.69) is 4.98 Å². The van der Waals surface area contributed by atoms with Crippen molar-refractivity contribution in [3.63, 3.8) is 0 Å². The first kappa shape index (κ1) is 15.4. The number of aromatic nitrogens is 1. The molecule has 3 rings (SSSR count). The van der Waals surface area contributed by atoms with Crippen molar-refractivity contribution in [2.45, 2.75) is 24.9 Å². The predicted molar refractivity (Wildman–Crippen MR) is 78.0 cm³/mol. The van der Waals surface area contributed by atoms with Crippen LogP contribution in [0.15, 0.2) is 18.5 Å².